The van der Waals surface area contributed by atoms with Crippen molar-refractivity contribution in [2.24, 2.45) is 0 Å². The van der Waals surface area contributed by atoms with Gasteiger partial charge >= 0.3 is 0 Å². The van der Waals surface area contributed by atoms with Gasteiger partial charge in [0, 0.05) is 27.2 Å². The second-order valence-electron chi connectivity index (χ2n) is 5.04. The van der Waals surface area contributed by atoms with Gasteiger partial charge in [0.1, 0.15) is 5.82 Å². The fourth-order valence-corrected chi connectivity index (χ4v) is 2.82. The maximum absolute atomic E-state index is 13.0. The molecule has 2 amide bonds. The first kappa shape index (κ1) is 18.7. The quantitative estimate of drug-likeness (QED) is 0.501. The molecule has 0 aromatic heterocycles. The first-order chi connectivity index (χ1) is 11.5. The molecule has 0 bridgehead atoms. The monoisotopic (exact) mass is 460 g/mol. The van der Waals surface area contributed by atoms with Gasteiger partial charge in [-0.1, -0.05) is 11.6 Å². The van der Waals surface area contributed by atoms with Crippen molar-refractivity contribution in [2.45, 2.75) is 12.8 Å². The molecule has 2 N–H and O–H groups in total. The average Bonchev–Trinajstić information content (AvgIpc) is 2.53. The van der Waals surface area contributed by atoms with E-state index < -0.39 is 0 Å². The number of amides is 2. The van der Waals surface area contributed by atoms with E-state index in [1.807, 2.05) is 22.6 Å². The lowest BCUT2D eigenvalue weighted by Gasteiger charge is -2.08. The van der Waals surface area contributed by atoms with Crippen molar-refractivity contribution in [1.29, 1.82) is 0 Å². The number of anilines is 1. The molecule has 4 nitrogen and oxygen atoms in total. The van der Waals surface area contributed by atoms with Gasteiger partial charge in [0.05, 0.1) is 5.56 Å². The normalized spacial score (nSPS) is 10.3. The molecule has 0 unspecified atom stereocenters. The van der Waals surface area contributed by atoms with E-state index in [1.54, 1.807) is 24.3 Å². The molecular formula is C17H15ClFIN2O2. The predicted molar refractivity (Wildman–Crippen MR) is 101 cm³/mol. The number of benzene rings is 2. The highest BCUT2D eigenvalue weighted by Crippen LogP contribution is 2.14. The molecule has 2 aromatic carbocycles. The van der Waals surface area contributed by atoms with E-state index in [4.69, 9.17) is 11.6 Å². The Labute approximate surface area is 157 Å². The van der Waals surface area contributed by atoms with E-state index in [1.165, 1.54) is 18.2 Å². The number of carbonyl (C=O) groups is 2. The van der Waals surface area contributed by atoms with Crippen molar-refractivity contribution in [3.8, 4) is 0 Å². The molecule has 0 saturated heterocycles. The molecule has 0 saturated carbocycles. The lowest BCUT2D eigenvalue weighted by molar-refractivity contribution is -0.116. The largest absolute Gasteiger partial charge is 0.352 e. The number of rotatable bonds is 6. The van der Waals surface area contributed by atoms with Crippen LogP contribution in [0.2, 0.25) is 5.02 Å². The van der Waals surface area contributed by atoms with Crippen molar-refractivity contribution < 1.29 is 14.0 Å². The number of hydrogen-bond acceptors (Lipinski definition) is 2. The molecule has 0 fully saturated rings. The highest BCUT2D eigenvalue weighted by molar-refractivity contribution is 14.1. The van der Waals surface area contributed by atoms with Crippen LogP contribution in [0.15, 0.2) is 42.5 Å². The lowest BCUT2D eigenvalue weighted by Crippen LogP contribution is -2.26. The number of carbonyl (C=O) groups excluding carboxylic acids is 2. The molecule has 24 heavy (non-hydrogen) atoms. The standard InChI is InChI=1S/C17H15ClFIN2O2/c18-11-3-6-13(7-4-11)22-16(23)2-1-9-21-17(24)14-8-5-12(19)10-15(14)20/h3-8,10H,1-2,9H2,(H,21,24)(H,22,23). The summed E-state index contributed by atoms with van der Waals surface area (Å²) in [7, 11) is 0. The van der Waals surface area contributed by atoms with Crippen LogP contribution in [-0.4, -0.2) is 18.4 Å². The minimum atomic E-state index is -0.380. The molecule has 0 aliphatic rings. The second-order valence-corrected chi connectivity index (χ2v) is 6.64. The van der Waals surface area contributed by atoms with E-state index in [0.29, 0.717) is 32.8 Å². The third-order valence-corrected chi connectivity index (χ3v) is 4.31. The molecule has 0 radical (unpaired) electrons. The average molecular weight is 461 g/mol. The maximum atomic E-state index is 13.0. The van der Waals surface area contributed by atoms with Gasteiger partial charge in [-0.2, -0.15) is 0 Å². The minimum absolute atomic E-state index is 0.136. The molecule has 2 aromatic rings. The zero-order chi connectivity index (χ0) is 17.5. The summed E-state index contributed by atoms with van der Waals surface area (Å²) in [6.45, 7) is 0.361. The van der Waals surface area contributed by atoms with Gasteiger partial charge in [0.2, 0.25) is 5.91 Å². The third-order valence-electron chi connectivity index (χ3n) is 3.17. The van der Waals surface area contributed by atoms with Crippen LogP contribution in [0.3, 0.4) is 0 Å². The second kappa shape index (κ2) is 8.98. The predicted octanol–water partition coefficient (Wildman–Crippen LogP) is 4.23. The van der Waals surface area contributed by atoms with E-state index in [2.05, 4.69) is 10.6 Å². The van der Waals surface area contributed by atoms with Crippen LogP contribution in [0.4, 0.5) is 10.1 Å². The zero-order valence-electron chi connectivity index (χ0n) is 12.6. The summed E-state index contributed by atoms with van der Waals surface area (Å²) in [6, 6.07) is 10.8. The Morgan fingerprint density at radius 2 is 1.83 bits per heavy atom. The van der Waals surface area contributed by atoms with Crippen molar-refractivity contribution in [2.75, 3.05) is 11.9 Å². The molecule has 0 heterocycles. The van der Waals surface area contributed by atoms with Gasteiger partial charge in [-0.25, -0.2) is 4.39 Å². The fraction of sp³-hybridized carbons (Fsp3) is 0.176. The van der Waals surface area contributed by atoms with E-state index >= 15 is 0 Å². The summed E-state index contributed by atoms with van der Waals surface area (Å²) in [5.74, 6) is -0.796. The van der Waals surface area contributed by atoms with E-state index in [0.717, 1.165) is 0 Å². The molecule has 126 valence electrons. The number of halogens is 3. The highest BCUT2D eigenvalue weighted by Gasteiger charge is 2.10. The fourth-order valence-electron chi connectivity index (χ4n) is 1.98. The minimum Gasteiger partial charge on any atom is -0.352 e. The maximum Gasteiger partial charge on any atom is 0.252 e. The summed E-state index contributed by atoms with van der Waals surface area (Å²) in [4.78, 5) is 23.8. The molecule has 0 aliphatic heterocycles. The topological polar surface area (TPSA) is 58.2 Å². The first-order valence-electron chi connectivity index (χ1n) is 7.24. The molecular weight excluding hydrogens is 446 g/mol. The smallest absolute Gasteiger partial charge is 0.252 e. The molecule has 0 aliphatic carbocycles. The summed E-state index contributed by atoms with van der Waals surface area (Å²) in [5, 5.41) is 6.08. The highest BCUT2D eigenvalue weighted by atomic mass is 127. The van der Waals surface area contributed by atoms with Crippen LogP contribution in [-0.2, 0) is 4.79 Å². The van der Waals surface area contributed by atoms with Crippen LogP contribution in [0.1, 0.15) is 23.2 Å². The Kier molecular flexibility index (Phi) is 6.99. The van der Waals surface area contributed by atoms with Crippen molar-refractivity contribution >= 4 is 51.7 Å². The van der Waals surface area contributed by atoms with Crippen molar-refractivity contribution in [3.05, 3.63) is 62.4 Å². The Morgan fingerprint density at radius 1 is 1.12 bits per heavy atom. The van der Waals surface area contributed by atoms with Gasteiger partial charge in [-0.05, 0) is 71.5 Å². The van der Waals surface area contributed by atoms with Gasteiger partial charge < -0.3 is 10.6 Å². The van der Waals surface area contributed by atoms with E-state index in [-0.39, 0.29) is 24.1 Å². The Bertz CT molecular complexity index is 738. The Balaban J connectivity index is 1.73. The van der Waals surface area contributed by atoms with Gasteiger partial charge in [-0.15, -0.1) is 0 Å². The third kappa shape index (κ3) is 5.76. The summed E-state index contributed by atoms with van der Waals surface area (Å²) in [5.41, 5.74) is 1.09. The Hall–Kier alpha value is -1.67. The summed E-state index contributed by atoms with van der Waals surface area (Å²) < 4.78 is 13.6. The SMILES string of the molecule is O=C(CCCNC(=O)c1ccc(F)cc1I)Nc1ccc(Cl)cc1. The number of hydrogen-bond donors (Lipinski definition) is 2. The summed E-state index contributed by atoms with van der Waals surface area (Å²) in [6.07, 6.45) is 0.784. The van der Waals surface area contributed by atoms with Gasteiger partial charge in [0.15, 0.2) is 0 Å². The zero-order valence-corrected chi connectivity index (χ0v) is 15.5. The van der Waals surface area contributed by atoms with Crippen LogP contribution < -0.4 is 10.6 Å². The number of nitrogens with one attached hydrogen (secondary N) is 2. The van der Waals surface area contributed by atoms with Crippen molar-refractivity contribution in [1.82, 2.24) is 5.32 Å². The van der Waals surface area contributed by atoms with Crippen molar-refractivity contribution in [3.63, 3.8) is 0 Å². The van der Waals surface area contributed by atoms with Crippen LogP contribution in [0.25, 0.3) is 0 Å². The van der Waals surface area contributed by atoms with E-state index in [9.17, 15) is 14.0 Å². The summed E-state index contributed by atoms with van der Waals surface area (Å²) >= 11 is 7.69. The molecule has 0 spiro atoms. The Morgan fingerprint density at radius 3 is 2.50 bits per heavy atom. The van der Waals surface area contributed by atoms with Crippen LogP contribution in [0.5, 0.6) is 0 Å². The molecule has 7 heteroatoms. The van der Waals surface area contributed by atoms with Gasteiger partial charge in [-0.3, -0.25) is 9.59 Å². The van der Waals surface area contributed by atoms with Crippen LogP contribution >= 0.6 is 34.2 Å². The lowest BCUT2D eigenvalue weighted by atomic mass is 10.2. The van der Waals surface area contributed by atoms with Crippen LogP contribution in [0, 0.1) is 9.39 Å². The molecule has 0 atom stereocenters. The molecule has 2 rings (SSSR count). The first-order valence-corrected chi connectivity index (χ1v) is 8.70. The van der Waals surface area contributed by atoms with Gasteiger partial charge in [0.25, 0.3) is 5.91 Å².